The van der Waals surface area contributed by atoms with Crippen LogP contribution in [0.1, 0.15) is 16.7 Å². The van der Waals surface area contributed by atoms with Crippen molar-refractivity contribution in [2.24, 2.45) is 15.9 Å². The lowest BCUT2D eigenvalue weighted by atomic mass is 9.92. The number of aliphatic imine (C=N–C) groups is 2. The summed E-state index contributed by atoms with van der Waals surface area (Å²) in [6, 6.07) is 6.27. The highest BCUT2D eigenvalue weighted by molar-refractivity contribution is 8.17. The molecule has 0 N–H and O–H groups in total. The zero-order chi connectivity index (χ0) is 12.7. The number of amides is 1. The molecule has 0 radical (unpaired) electrons. The molecule has 0 saturated carbocycles. The van der Waals surface area contributed by atoms with Crippen LogP contribution in [-0.2, 0) is 4.79 Å². The monoisotopic (exact) mass is 256 g/mol. The number of rotatable bonds is 1. The molecule has 1 amide bonds. The molecule has 3 nitrogen and oxygen atoms in total. The van der Waals surface area contributed by atoms with Gasteiger partial charge in [0.05, 0.1) is 5.04 Å². The summed E-state index contributed by atoms with van der Waals surface area (Å²) in [5, 5.41) is 2.85. The summed E-state index contributed by atoms with van der Waals surface area (Å²) in [6.45, 7) is 4.16. The van der Waals surface area contributed by atoms with Crippen LogP contribution in [0.15, 0.2) is 33.6 Å². The SMILES string of the molecule is Cc1ccc(C2=CSC3=NC=NC(=O)C23)cc1C. The van der Waals surface area contributed by atoms with Gasteiger partial charge in [-0.3, -0.25) is 4.79 Å². The molecule has 1 aromatic carbocycles. The van der Waals surface area contributed by atoms with Crippen molar-refractivity contribution in [1.82, 2.24) is 0 Å². The average Bonchev–Trinajstić information content (AvgIpc) is 2.78. The van der Waals surface area contributed by atoms with Crippen LogP contribution in [0, 0.1) is 19.8 Å². The van der Waals surface area contributed by atoms with Gasteiger partial charge in [-0.05, 0) is 41.5 Å². The van der Waals surface area contributed by atoms with Crippen LogP contribution in [-0.4, -0.2) is 17.3 Å². The molecule has 1 aromatic rings. The van der Waals surface area contributed by atoms with E-state index in [0.29, 0.717) is 0 Å². The van der Waals surface area contributed by atoms with Crippen LogP contribution in [0.3, 0.4) is 0 Å². The Morgan fingerprint density at radius 2 is 2.06 bits per heavy atom. The number of fused-ring (bicyclic) bond motifs is 1. The summed E-state index contributed by atoms with van der Waals surface area (Å²) in [5.74, 6) is -0.406. The Hall–Kier alpha value is -1.68. The van der Waals surface area contributed by atoms with Crippen molar-refractivity contribution in [3.8, 4) is 0 Å². The summed E-state index contributed by atoms with van der Waals surface area (Å²) in [4.78, 5) is 19.8. The van der Waals surface area contributed by atoms with Crippen LogP contribution in [0.2, 0.25) is 0 Å². The first-order valence-electron chi connectivity index (χ1n) is 5.75. The minimum atomic E-state index is -0.290. The Kier molecular flexibility index (Phi) is 2.67. The van der Waals surface area contributed by atoms with Gasteiger partial charge in [-0.2, -0.15) is 0 Å². The molecule has 1 unspecified atom stereocenters. The Balaban J connectivity index is 2.03. The number of aryl methyl sites for hydroxylation is 2. The van der Waals surface area contributed by atoms with Gasteiger partial charge in [-0.1, -0.05) is 30.0 Å². The molecule has 0 aromatic heterocycles. The van der Waals surface area contributed by atoms with Gasteiger partial charge < -0.3 is 0 Å². The molecule has 4 heteroatoms. The third-order valence-corrected chi connectivity index (χ3v) is 4.28. The smallest absolute Gasteiger partial charge is 0.261 e. The van der Waals surface area contributed by atoms with E-state index in [2.05, 4.69) is 42.0 Å². The number of hydrogen-bond acceptors (Lipinski definition) is 3. The summed E-state index contributed by atoms with van der Waals surface area (Å²) in [6.07, 6.45) is 1.35. The summed E-state index contributed by atoms with van der Waals surface area (Å²) in [7, 11) is 0. The molecular formula is C14H12N2OS. The largest absolute Gasteiger partial charge is 0.271 e. The molecule has 0 spiro atoms. The van der Waals surface area contributed by atoms with E-state index in [4.69, 9.17) is 0 Å². The van der Waals surface area contributed by atoms with Crippen molar-refractivity contribution in [2.45, 2.75) is 13.8 Å². The number of carbonyl (C=O) groups is 1. The molecule has 0 saturated heterocycles. The van der Waals surface area contributed by atoms with E-state index in [0.717, 1.165) is 16.2 Å². The van der Waals surface area contributed by atoms with Crippen LogP contribution in [0.5, 0.6) is 0 Å². The highest BCUT2D eigenvalue weighted by atomic mass is 32.2. The molecule has 2 aliphatic heterocycles. The normalized spacial score (nSPS) is 21.7. The first kappa shape index (κ1) is 11.4. The van der Waals surface area contributed by atoms with Gasteiger partial charge in [0.1, 0.15) is 12.3 Å². The van der Waals surface area contributed by atoms with E-state index >= 15 is 0 Å². The van der Waals surface area contributed by atoms with Crippen molar-refractivity contribution in [2.75, 3.05) is 0 Å². The fraction of sp³-hybridized carbons (Fsp3) is 0.214. The number of thioether (sulfide) groups is 1. The van der Waals surface area contributed by atoms with Gasteiger partial charge >= 0.3 is 0 Å². The average molecular weight is 256 g/mol. The first-order chi connectivity index (χ1) is 8.66. The van der Waals surface area contributed by atoms with Gasteiger partial charge in [0.15, 0.2) is 0 Å². The van der Waals surface area contributed by atoms with Crippen LogP contribution in [0.25, 0.3) is 5.57 Å². The van der Waals surface area contributed by atoms with Gasteiger partial charge in [-0.15, -0.1) is 0 Å². The lowest BCUT2D eigenvalue weighted by Gasteiger charge is -2.14. The Bertz CT molecular complexity index is 629. The lowest BCUT2D eigenvalue weighted by molar-refractivity contribution is -0.118. The molecule has 18 heavy (non-hydrogen) atoms. The standard InChI is InChI=1S/C14H12N2OS/c1-8-3-4-10(5-9(8)2)11-6-18-14-12(11)13(17)15-7-16-14/h3-7,12H,1-2H3. The van der Waals surface area contributed by atoms with Crippen molar-refractivity contribution in [3.05, 3.63) is 40.3 Å². The van der Waals surface area contributed by atoms with E-state index in [9.17, 15) is 4.79 Å². The molecule has 2 aliphatic rings. The third-order valence-electron chi connectivity index (χ3n) is 3.32. The van der Waals surface area contributed by atoms with Crippen molar-refractivity contribution >= 4 is 34.6 Å². The lowest BCUT2D eigenvalue weighted by Crippen LogP contribution is -2.21. The molecule has 2 heterocycles. The molecule has 0 bridgehead atoms. The van der Waals surface area contributed by atoms with Crippen molar-refractivity contribution in [3.63, 3.8) is 0 Å². The Morgan fingerprint density at radius 1 is 1.22 bits per heavy atom. The van der Waals surface area contributed by atoms with E-state index in [1.807, 2.05) is 5.41 Å². The Morgan fingerprint density at radius 3 is 2.83 bits per heavy atom. The zero-order valence-corrected chi connectivity index (χ0v) is 11.0. The van der Waals surface area contributed by atoms with Gasteiger partial charge in [-0.25, -0.2) is 9.98 Å². The van der Waals surface area contributed by atoms with E-state index in [-0.39, 0.29) is 11.8 Å². The minimum absolute atomic E-state index is 0.116. The second kappa shape index (κ2) is 4.21. The molecular weight excluding hydrogens is 244 g/mol. The third kappa shape index (κ3) is 1.73. The van der Waals surface area contributed by atoms with Gasteiger partial charge in [0.25, 0.3) is 5.91 Å². The zero-order valence-electron chi connectivity index (χ0n) is 10.2. The maximum Gasteiger partial charge on any atom is 0.261 e. The molecule has 90 valence electrons. The predicted octanol–water partition coefficient (Wildman–Crippen LogP) is 2.97. The van der Waals surface area contributed by atoms with Crippen LogP contribution in [0.4, 0.5) is 0 Å². The van der Waals surface area contributed by atoms with Crippen molar-refractivity contribution < 1.29 is 4.79 Å². The highest BCUT2D eigenvalue weighted by Gasteiger charge is 2.35. The quantitative estimate of drug-likeness (QED) is 0.775. The highest BCUT2D eigenvalue weighted by Crippen LogP contribution is 2.39. The van der Waals surface area contributed by atoms with Gasteiger partial charge in [0, 0.05) is 0 Å². The van der Waals surface area contributed by atoms with E-state index in [1.165, 1.54) is 29.2 Å². The Labute approximate surface area is 110 Å². The van der Waals surface area contributed by atoms with E-state index < -0.39 is 0 Å². The minimum Gasteiger partial charge on any atom is -0.271 e. The summed E-state index contributed by atoms with van der Waals surface area (Å²) in [5.41, 5.74) is 4.59. The van der Waals surface area contributed by atoms with Crippen LogP contribution >= 0.6 is 11.8 Å². The number of nitrogens with zero attached hydrogens (tertiary/aromatic N) is 2. The second-order valence-corrected chi connectivity index (χ2v) is 5.36. The molecule has 1 atom stereocenters. The van der Waals surface area contributed by atoms with Gasteiger partial charge in [0.2, 0.25) is 0 Å². The summed E-state index contributed by atoms with van der Waals surface area (Å²) < 4.78 is 0. The molecule has 3 rings (SSSR count). The molecule has 0 aliphatic carbocycles. The maximum atomic E-state index is 11.9. The molecule has 0 fully saturated rings. The number of benzene rings is 1. The maximum absolute atomic E-state index is 11.9. The fourth-order valence-corrected chi connectivity index (χ4v) is 3.10. The predicted molar refractivity (Wildman–Crippen MR) is 75.9 cm³/mol. The first-order valence-corrected chi connectivity index (χ1v) is 6.63. The number of hydrogen-bond donors (Lipinski definition) is 0. The van der Waals surface area contributed by atoms with E-state index in [1.54, 1.807) is 0 Å². The van der Waals surface area contributed by atoms with Crippen LogP contribution < -0.4 is 0 Å². The number of carbonyl (C=O) groups excluding carboxylic acids is 1. The fourth-order valence-electron chi connectivity index (χ4n) is 2.11. The topological polar surface area (TPSA) is 41.8 Å². The van der Waals surface area contributed by atoms with Crippen molar-refractivity contribution in [1.29, 1.82) is 0 Å². The summed E-state index contributed by atoms with van der Waals surface area (Å²) >= 11 is 1.52. The second-order valence-electron chi connectivity index (χ2n) is 4.47.